The molecule has 0 aliphatic carbocycles. The average molecular weight is 238 g/mol. The Morgan fingerprint density at radius 3 is 3.06 bits per heavy atom. The second-order valence-electron chi connectivity index (χ2n) is 3.09. The van der Waals surface area contributed by atoms with Crippen LogP contribution >= 0.6 is 11.6 Å². The fourth-order valence-electron chi connectivity index (χ4n) is 1.22. The van der Waals surface area contributed by atoms with Gasteiger partial charge < -0.3 is 0 Å². The summed E-state index contributed by atoms with van der Waals surface area (Å²) >= 11 is 5.80. The van der Waals surface area contributed by atoms with Gasteiger partial charge >= 0.3 is 0 Å². The highest BCUT2D eigenvalue weighted by Gasteiger charge is 2.06. The molecule has 7 heteroatoms. The summed E-state index contributed by atoms with van der Waals surface area (Å²) < 4.78 is 0. The van der Waals surface area contributed by atoms with Crippen molar-refractivity contribution in [3.05, 3.63) is 34.9 Å². The topological polar surface area (TPSA) is 83.6 Å². The van der Waals surface area contributed by atoms with Crippen LogP contribution < -0.4 is 5.32 Å². The zero-order valence-electron chi connectivity index (χ0n) is 8.14. The molecule has 2 aromatic rings. The predicted molar refractivity (Wildman–Crippen MR) is 58.0 cm³/mol. The summed E-state index contributed by atoms with van der Waals surface area (Å²) in [6, 6.07) is 7.10. The lowest BCUT2D eigenvalue weighted by Gasteiger charge is -2.01. The molecule has 1 aromatic carbocycles. The van der Waals surface area contributed by atoms with E-state index in [4.69, 9.17) is 11.6 Å². The van der Waals surface area contributed by atoms with E-state index < -0.39 is 0 Å². The van der Waals surface area contributed by atoms with Gasteiger partial charge in [-0.25, -0.2) is 0 Å². The molecule has 0 fully saturated rings. The minimum Gasteiger partial charge on any atom is -0.292 e. The lowest BCUT2D eigenvalue weighted by Crippen LogP contribution is -2.15. The van der Waals surface area contributed by atoms with Crippen LogP contribution in [0.5, 0.6) is 0 Å². The maximum absolute atomic E-state index is 11.5. The van der Waals surface area contributed by atoms with Crippen molar-refractivity contribution in [2.75, 3.05) is 5.32 Å². The third-order valence-corrected chi connectivity index (χ3v) is 2.09. The summed E-state index contributed by atoms with van der Waals surface area (Å²) in [6.45, 7) is 0. The molecule has 1 amide bonds. The average Bonchev–Trinajstić information content (AvgIpc) is 2.70. The van der Waals surface area contributed by atoms with Crippen LogP contribution in [0.2, 0.25) is 5.02 Å². The minimum atomic E-state index is -0.219. The van der Waals surface area contributed by atoms with E-state index in [9.17, 15) is 4.79 Å². The summed E-state index contributed by atoms with van der Waals surface area (Å²) in [5, 5.41) is 15.9. The molecule has 6 nitrogen and oxygen atoms in total. The Kier molecular flexibility index (Phi) is 3.11. The first-order chi connectivity index (χ1) is 7.74. The number of carbonyl (C=O) groups is 1. The van der Waals surface area contributed by atoms with Gasteiger partial charge in [-0.15, -0.1) is 5.10 Å². The van der Waals surface area contributed by atoms with Crippen LogP contribution in [0.1, 0.15) is 5.56 Å². The van der Waals surface area contributed by atoms with Crippen molar-refractivity contribution in [1.82, 2.24) is 20.6 Å². The molecular weight excluding hydrogens is 230 g/mol. The molecule has 0 bridgehead atoms. The van der Waals surface area contributed by atoms with Gasteiger partial charge in [0, 0.05) is 5.02 Å². The minimum absolute atomic E-state index is 0.159. The highest BCUT2D eigenvalue weighted by molar-refractivity contribution is 6.30. The van der Waals surface area contributed by atoms with Crippen LogP contribution in [-0.4, -0.2) is 26.5 Å². The van der Waals surface area contributed by atoms with Crippen molar-refractivity contribution in [2.45, 2.75) is 6.42 Å². The molecule has 2 N–H and O–H groups in total. The third-order valence-electron chi connectivity index (χ3n) is 1.85. The van der Waals surface area contributed by atoms with E-state index in [0.717, 1.165) is 5.56 Å². The summed E-state index contributed by atoms with van der Waals surface area (Å²) in [6.07, 6.45) is 0.217. The van der Waals surface area contributed by atoms with E-state index >= 15 is 0 Å². The van der Waals surface area contributed by atoms with E-state index in [-0.39, 0.29) is 18.3 Å². The van der Waals surface area contributed by atoms with E-state index in [1.165, 1.54) is 0 Å². The highest BCUT2D eigenvalue weighted by Crippen LogP contribution is 2.11. The number of amides is 1. The molecule has 0 atom stereocenters. The first-order valence-corrected chi connectivity index (χ1v) is 4.89. The molecule has 0 aliphatic rings. The van der Waals surface area contributed by atoms with E-state index in [2.05, 4.69) is 25.9 Å². The van der Waals surface area contributed by atoms with Gasteiger partial charge in [-0.1, -0.05) is 28.8 Å². The van der Waals surface area contributed by atoms with Crippen molar-refractivity contribution in [3.8, 4) is 0 Å². The lowest BCUT2D eigenvalue weighted by molar-refractivity contribution is -0.115. The summed E-state index contributed by atoms with van der Waals surface area (Å²) in [5.74, 6) is -0.0595. The van der Waals surface area contributed by atoms with Gasteiger partial charge in [-0.3, -0.25) is 10.1 Å². The summed E-state index contributed by atoms with van der Waals surface area (Å²) in [5.41, 5.74) is 0.827. The van der Waals surface area contributed by atoms with Crippen LogP contribution in [0.3, 0.4) is 0 Å². The fourth-order valence-corrected chi connectivity index (χ4v) is 1.43. The molecule has 1 aromatic heterocycles. The van der Waals surface area contributed by atoms with Crippen LogP contribution in [0.25, 0.3) is 0 Å². The monoisotopic (exact) mass is 237 g/mol. The number of H-pyrrole nitrogens is 1. The van der Waals surface area contributed by atoms with Gasteiger partial charge in [0.15, 0.2) is 0 Å². The van der Waals surface area contributed by atoms with E-state index in [0.29, 0.717) is 5.02 Å². The second kappa shape index (κ2) is 4.71. The maximum atomic E-state index is 11.5. The number of anilines is 1. The Bertz CT molecular complexity index is 484. The van der Waals surface area contributed by atoms with Crippen molar-refractivity contribution in [2.24, 2.45) is 0 Å². The molecule has 0 radical (unpaired) electrons. The molecule has 0 saturated heterocycles. The third kappa shape index (κ3) is 2.77. The number of nitrogens with one attached hydrogen (secondary N) is 2. The van der Waals surface area contributed by atoms with Gasteiger partial charge in [-0.05, 0) is 22.9 Å². The number of hydrogen-bond acceptors (Lipinski definition) is 4. The Labute approximate surface area is 96.0 Å². The normalized spacial score (nSPS) is 10.1. The SMILES string of the molecule is O=C(Cc1cccc(Cl)c1)Nc1nn[nH]n1. The van der Waals surface area contributed by atoms with Crippen molar-refractivity contribution >= 4 is 23.5 Å². The number of aromatic amines is 1. The van der Waals surface area contributed by atoms with Crippen LogP contribution in [0.15, 0.2) is 24.3 Å². The Morgan fingerprint density at radius 2 is 2.38 bits per heavy atom. The number of tetrazole rings is 1. The maximum Gasteiger partial charge on any atom is 0.269 e. The van der Waals surface area contributed by atoms with Crippen molar-refractivity contribution in [3.63, 3.8) is 0 Å². The van der Waals surface area contributed by atoms with Gasteiger partial charge in [0.05, 0.1) is 6.42 Å². The molecular formula is C9H8ClN5O. The smallest absolute Gasteiger partial charge is 0.269 e. The number of carbonyl (C=O) groups excluding carboxylic acids is 1. The highest BCUT2D eigenvalue weighted by atomic mass is 35.5. The molecule has 0 unspecified atom stereocenters. The van der Waals surface area contributed by atoms with E-state index in [1.54, 1.807) is 18.2 Å². The van der Waals surface area contributed by atoms with E-state index in [1.807, 2.05) is 6.07 Å². The quantitative estimate of drug-likeness (QED) is 0.835. The number of nitrogens with zero attached hydrogens (tertiary/aromatic N) is 3. The van der Waals surface area contributed by atoms with Crippen LogP contribution in [0.4, 0.5) is 5.95 Å². The zero-order chi connectivity index (χ0) is 11.4. The molecule has 0 saturated carbocycles. The fraction of sp³-hybridized carbons (Fsp3) is 0.111. The Hall–Kier alpha value is -1.95. The molecule has 0 spiro atoms. The lowest BCUT2D eigenvalue weighted by atomic mass is 10.1. The summed E-state index contributed by atoms with van der Waals surface area (Å²) in [7, 11) is 0. The van der Waals surface area contributed by atoms with Gasteiger partial charge in [-0.2, -0.15) is 5.21 Å². The largest absolute Gasteiger partial charge is 0.292 e. The molecule has 16 heavy (non-hydrogen) atoms. The molecule has 0 aliphatic heterocycles. The van der Waals surface area contributed by atoms with Crippen LogP contribution in [0, 0.1) is 0 Å². The first-order valence-electron chi connectivity index (χ1n) is 4.52. The Morgan fingerprint density at radius 1 is 1.50 bits per heavy atom. The van der Waals surface area contributed by atoms with Crippen LogP contribution in [-0.2, 0) is 11.2 Å². The number of hydrogen-bond donors (Lipinski definition) is 2. The molecule has 82 valence electrons. The van der Waals surface area contributed by atoms with Gasteiger partial charge in [0.1, 0.15) is 0 Å². The molecule has 1 heterocycles. The molecule has 2 rings (SSSR count). The van der Waals surface area contributed by atoms with Gasteiger partial charge in [0.2, 0.25) is 5.91 Å². The number of halogens is 1. The number of benzene rings is 1. The summed E-state index contributed by atoms with van der Waals surface area (Å²) in [4.78, 5) is 11.5. The van der Waals surface area contributed by atoms with Crippen molar-refractivity contribution in [1.29, 1.82) is 0 Å². The van der Waals surface area contributed by atoms with Crippen molar-refractivity contribution < 1.29 is 4.79 Å². The standard InChI is InChI=1S/C9H8ClN5O/c10-7-3-1-2-6(4-7)5-8(16)11-9-12-14-15-13-9/h1-4H,5H2,(H2,11,12,13,14,15,16). The predicted octanol–water partition coefficient (Wildman–Crippen LogP) is 1.03. The number of rotatable bonds is 3. The zero-order valence-corrected chi connectivity index (χ0v) is 8.90. The van der Waals surface area contributed by atoms with Gasteiger partial charge in [0.25, 0.3) is 5.95 Å². The first kappa shape index (κ1) is 10.6. The second-order valence-corrected chi connectivity index (χ2v) is 3.53. The Balaban J connectivity index is 1.97. The number of aromatic nitrogens is 4.